The van der Waals surface area contributed by atoms with Crippen LogP contribution < -0.4 is 10.2 Å². The van der Waals surface area contributed by atoms with Crippen molar-refractivity contribution in [2.45, 2.75) is 33.4 Å². The Balaban J connectivity index is 1.92. The molecule has 0 saturated heterocycles. The van der Waals surface area contributed by atoms with Crippen molar-refractivity contribution in [2.24, 2.45) is 0 Å². The molecule has 0 radical (unpaired) electrons. The van der Waals surface area contributed by atoms with Gasteiger partial charge in [0.1, 0.15) is 0 Å². The molecule has 1 atom stereocenters. The molecule has 1 heterocycles. The lowest BCUT2D eigenvalue weighted by molar-refractivity contribution is 0.578. The molecule has 3 nitrogen and oxygen atoms in total. The maximum absolute atomic E-state index is 5.92. The summed E-state index contributed by atoms with van der Waals surface area (Å²) in [7, 11) is 0. The Morgan fingerprint density at radius 1 is 1.24 bits per heavy atom. The van der Waals surface area contributed by atoms with Crippen LogP contribution in [0.5, 0.6) is 0 Å². The van der Waals surface area contributed by atoms with Gasteiger partial charge in [-0.05, 0) is 38.5 Å². The third-order valence-corrected chi connectivity index (χ3v) is 4.84. The number of benzene rings is 1. The third-order valence-electron chi connectivity index (χ3n) is 3.53. The molecule has 0 spiro atoms. The van der Waals surface area contributed by atoms with Crippen LogP contribution in [0.25, 0.3) is 0 Å². The molecular formula is C16H22ClN3S. The van der Waals surface area contributed by atoms with Crippen molar-refractivity contribution in [3.63, 3.8) is 0 Å². The molecule has 0 unspecified atom stereocenters. The molecule has 1 aromatic carbocycles. The number of anilines is 1. The van der Waals surface area contributed by atoms with Gasteiger partial charge in [0.25, 0.3) is 0 Å². The standard InChI is InChI=1S/C16H22ClN3S/c1-4-20(5-2)16-19-11-15(21-16)10-18-12(3)13-6-8-14(17)9-7-13/h6-9,11-12,18H,4-5,10H2,1-3H3/t12-/m1/s1. The summed E-state index contributed by atoms with van der Waals surface area (Å²) in [6, 6.07) is 8.28. The highest BCUT2D eigenvalue weighted by Crippen LogP contribution is 2.23. The van der Waals surface area contributed by atoms with E-state index in [9.17, 15) is 0 Å². The molecular weight excluding hydrogens is 302 g/mol. The topological polar surface area (TPSA) is 28.2 Å². The monoisotopic (exact) mass is 323 g/mol. The molecule has 1 aromatic heterocycles. The molecule has 0 fully saturated rings. The number of thiazole rings is 1. The summed E-state index contributed by atoms with van der Waals surface area (Å²) in [5.74, 6) is 0. The zero-order valence-corrected chi connectivity index (χ0v) is 14.3. The minimum absolute atomic E-state index is 0.293. The molecule has 0 aliphatic carbocycles. The van der Waals surface area contributed by atoms with Gasteiger partial charge in [0.2, 0.25) is 0 Å². The summed E-state index contributed by atoms with van der Waals surface area (Å²) in [4.78, 5) is 8.04. The van der Waals surface area contributed by atoms with E-state index in [4.69, 9.17) is 11.6 Å². The molecule has 0 aliphatic heterocycles. The highest BCUT2D eigenvalue weighted by molar-refractivity contribution is 7.15. The van der Waals surface area contributed by atoms with E-state index in [0.717, 1.165) is 29.8 Å². The molecule has 0 aliphatic rings. The van der Waals surface area contributed by atoms with Crippen molar-refractivity contribution in [1.29, 1.82) is 0 Å². The Morgan fingerprint density at radius 2 is 1.90 bits per heavy atom. The summed E-state index contributed by atoms with van der Waals surface area (Å²) in [6.07, 6.45) is 1.97. The van der Waals surface area contributed by atoms with E-state index < -0.39 is 0 Å². The fourth-order valence-corrected chi connectivity index (χ4v) is 3.26. The van der Waals surface area contributed by atoms with Gasteiger partial charge in [-0.25, -0.2) is 4.98 Å². The Bertz CT molecular complexity index is 549. The fraction of sp³-hybridized carbons (Fsp3) is 0.438. The molecule has 0 amide bonds. The zero-order valence-electron chi connectivity index (χ0n) is 12.8. The van der Waals surface area contributed by atoms with E-state index in [1.165, 1.54) is 10.4 Å². The third kappa shape index (κ3) is 4.43. The molecule has 21 heavy (non-hydrogen) atoms. The van der Waals surface area contributed by atoms with E-state index in [2.05, 4.69) is 48.1 Å². The van der Waals surface area contributed by atoms with Crippen molar-refractivity contribution < 1.29 is 0 Å². The van der Waals surface area contributed by atoms with E-state index >= 15 is 0 Å². The highest BCUT2D eigenvalue weighted by Gasteiger charge is 2.09. The summed E-state index contributed by atoms with van der Waals surface area (Å²) in [6.45, 7) is 9.31. The quantitative estimate of drug-likeness (QED) is 0.813. The Kier molecular flexibility index (Phi) is 6.03. The molecule has 5 heteroatoms. The Morgan fingerprint density at radius 3 is 2.52 bits per heavy atom. The largest absolute Gasteiger partial charge is 0.349 e. The molecule has 2 aromatic rings. The van der Waals surface area contributed by atoms with Gasteiger partial charge in [0.05, 0.1) is 0 Å². The van der Waals surface area contributed by atoms with Gasteiger partial charge >= 0.3 is 0 Å². The molecule has 0 bridgehead atoms. The van der Waals surface area contributed by atoms with Gasteiger partial charge in [-0.2, -0.15) is 0 Å². The van der Waals surface area contributed by atoms with Gasteiger partial charge < -0.3 is 10.2 Å². The average molecular weight is 324 g/mol. The van der Waals surface area contributed by atoms with Crippen molar-refractivity contribution in [3.05, 3.63) is 45.9 Å². The van der Waals surface area contributed by atoms with Crippen LogP contribution in [0.1, 0.15) is 37.3 Å². The van der Waals surface area contributed by atoms with Gasteiger partial charge in [-0.1, -0.05) is 23.7 Å². The fourth-order valence-electron chi connectivity index (χ4n) is 2.14. The highest BCUT2D eigenvalue weighted by atomic mass is 35.5. The first kappa shape index (κ1) is 16.3. The molecule has 2 rings (SSSR count). The van der Waals surface area contributed by atoms with Crippen LogP contribution in [0.2, 0.25) is 5.02 Å². The number of hydrogen-bond donors (Lipinski definition) is 1. The Labute approximate surface area is 136 Å². The van der Waals surface area contributed by atoms with Crippen molar-refractivity contribution in [2.75, 3.05) is 18.0 Å². The van der Waals surface area contributed by atoms with Crippen LogP contribution in [0.4, 0.5) is 5.13 Å². The maximum atomic E-state index is 5.92. The van der Waals surface area contributed by atoms with Gasteiger partial charge in [0, 0.05) is 41.8 Å². The second kappa shape index (κ2) is 7.78. The maximum Gasteiger partial charge on any atom is 0.185 e. The van der Waals surface area contributed by atoms with Crippen LogP contribution in [0, 0.1) is 0 Å². The molecule has 0 saturated carbocycles. The smallest absolute Gasteiger partial charge is 0.185 e. The van der Waals surface area contributed by atoms with E-state index in [-0.39, 0.29) is 0 Å². The first-order valence-electron chi connectivity index (χ1n) is 7.32. The number of halogens is 1. The van der Waals surface area contributed by atoms with Crippen molar-refractivity contribution in [3.8, 4) is 0 Å². The SMILES string of the molecule is CCN(CC)c1ncc(CN[C@H](C)c2ccc(Cl)cc2)s1. The number of nitrogens with one attached hydrogen (secondary N) is 1. The minimum Gasteiger partial charge on any atom is -0.349 e. The lowest BCUT2D eigenvalue weighted by Gasteiger charge is -2.16. The molecule has 114 valence electrons. The average Bonchev–Trinajstić information content (AvgIpc) is 2.96. The van der Waals surface area contributed by atoms with Gasteiger partial charge in [-0.3, -0.25) is 0 Å². The number of nitrogens with zero attached hydrogens (tertiary/aromatic N) is 2. The van der Waals surface area contributed by atoms with Crippen LogP contribution in [-0.4, -0.2) is 18.1 Å². The number of hydrogen-bond acceptors (Lipinski definition) is 4. The van der Waals surface area contributed by atoms with Crippen LogP contribution in [0.15, 0.2) is 30.5 Å². The first-order chi connectivity index (χ1) is 10.1. The lowest BCUT2D eigenvalue weighted by atomic mass is 10.1. The normalized spacial score (nSPS) is 12.4. The lowest BCUT2D eigenvalue weighted by Crippen LogP contribution is -2.21. The van der Waals surface area contributed by atoms with Crippen molar-refractivity contribution in [1.82, 2.24) is 10.3 Å². The van der Waals surface area contributed by atoms with Gasteiger partial charge in [-0.15, -0.1) is 11.3 Å². The van der Waals surface area contributed by atoms with E-state index in [1.807, 2.05) is 18.3 Å². The number of rotatable bonds is 7. The second-order valence-electron chi connectivity index (χ2n) is 4.94. The van der Waals surface area contributed by atoms with Crippen LogP contribution in [0.3, 0.4) is 0 Å². The Hall–Kier alpha value is -1.10. The summed E-state index contributed by atoms with van der Waals surface area (Å²) >= 11 is 7.68. The zero-order chi connectivity index (χ0) is 15.2. The van der Waals surface area contributed by atoms with Crippen LogP contribution >= 0.6 is 22.9 Å². The van der Waals surface area contributed by atoms with Crippen molar-refractivity contribution >= 4 is 28.1 Å². The van der Waals surface area contributed by atoms with Crippen LogP contribution in [-0.2, 0) is 6.54 Å². The predicted octanol–water partition coefficient (Wildman–Crippen LogP) is 4.49. The molecule has 1 N–H and O–H groups in total. The summed E-state index contributed by atoms with van der Waals surface area (Å²) < 4.78 is 0. The summed E-state index contributed by atoms with van der Waals surface area (Å²) in [5.41, 5.74) is 1.24. The van der Waals surface area contributed by atoms with E-state index in [0.29, 0.717) is 6.04 Å². The number of aromatic nitrogens is 1. The van der Waals surface area contributed by atoms with E-state index in [1.54, 1.807) is 11.3 Å². The second-order valence-corrected chi connectivity index (χ2v) is 6.47. The minimum atomic E-state index is 0.293. The predicted molar refractivity (Wildman–Crippen MR) is 92.4 cm³/mol. The van der Waals surface area contributed by atoms with Gasteiger partial charge in [0.15, 0.2) is 5.13 Å². The summed E-state index contributed by atoms with van der Waals surface area (Å²) in [5, 5.41) is 5.41. The first-order valence-corrected chi connectivity index (χ1v) is 8.52.